The van der Waals surface area contributed by atoms with Crippen molar-refractivity contribution in [2.24, 2.45) is 5.10 Å². The lowest BCUT2D eigenvalue weighted by Crippen LogP contribution is -2.26. The molecule has 2 aromatic heterocycles. The van der Waals surface area contributed by atoms with Crippen LogP contribution in [0.4, 0.5) is 4.39 Å². The van der Waals surface area contributed by atoms with E-state index in [1.54, 1.807) is 55.6 Å². The molecule has 0 aliphatic carbocycles. The number of rotatable bonds is 5. The molecule has 0 unspecified atom stereocenters. The smallest absolute Gasteiger partial charge is 0.281 e. The number of halogens is 1. The second-order valence-electron chi connectivity index (χ2n) is 6.71. The summed E-state index contributed by atoms with van der Waals surface area (Å²) in [6, 6.07) is 18.1. The molecule has 2 heterocycles. The molecular weight excluding hydrogens is 397 g/mol. The monoisotopic (exact) mass is 415 g/mol. The van der Waals surface area contributed by atoms with Crippen LogP contribution in [0.5, 0.6) is 0 Å². The zero-order valence-electron chi connectivity index (χ0n) is 16.5. The Labute approximate surface area is 176 Å². The van der Waals surface area contributed by atoms with Crippen molar-refractivity contribution >= 4 is 11.6 Å². The molecule has 0 bridgehead atoms. The highest BCUT2D eigenvalue weighted by molar-refractivity contribution is 6.14. The highest BCUT2D eigenvalue weighted by Gasteiger charge is 2.22. The van der Waals surface area contributed by atoms with Crippen molar-refractivity contribution in [3.8, 4) is 5.69 Å². The summed E-state index contributed by atoms with van der Waals surface area (Å²) in [4.78, 5) is 29.6. The molecule has 2 N–H and O–H groups in total. The molecule has 154 valence electrons. The predicted molar refractivity (Wildman–Crippen MR) is 115 cm³/mol. The Morgan fingerprint density at radius 3 is 2.52 bits per heavy atom. The predicted octanol–water partition coefficient (Wildman–Crippen LogP) is 3.19. The number of nitrogens with one attached hydrogen (secondary N) is 2. The summed E-state index contributed by atoms with van der Waals surface area (Å²) < 4.78 is 16.0. The number of aryl methyl sites for hydroxylation is 1. The van der Waals surface area contributed by atoms with Gasteiger partial charge in [-0.3, -0.25) is 19.7 Å². The number of nitrogens with zero attached hydrogens (tertiary/aromatic N) is 3. The molecule has 0 radical (unpaired) electrons. The van der Waals surface area contributed by atoms with Gasteiger partial charge in [0.05, 0.1) is 16.8 Å². The molecule has 0 spiro atoms. The largest absolute Gasteiger partial charge is 0.295 e. The molecule has 7 nitrogen and oxygen atoms in total. The topological polar surface area (TPSA) is 92.1 Å². The molecule has 0 saturated carbocycles. The molecule has 0 saturated heterocycles. The van der Waals surface area contributed by atoms with E-state index >= 15 is 0 Å². The maximum absolute atomic E-state index is 14.6. The molecule has 4 aromatic rings. The average molecular weight is 415 g/mol. The molecule has 0 fully saturated rings. The van der Waals surface area contributed by atoms with Crippen molar-refractivity contribution < 1.29 is 9.18 Å². The molecule has 0 atom stereocenters. The second-order valence-corrected chi connectivity index (χ2v) is 6.71. The van der Waals surface area contributed by atoms with Crippen LogP contribution in [0.25, 0.3) is 5.69 Å². The van der Waals surface area contributed by atoms with E-state index in [-0.39, 0.29) is 22.4 Å². The quantitative estimate of drug-likeness (QED) is 0.387. The van der Waals surface area contributed by atoms with E-state index in [2.05, 4.69) is 20.6 Å². The fourth-order valence-electron chi connectivity index (χ4n) is 3.16. The van der Waals surface area contributed by atoms with Gasteiger partial charge in [-0.1, -0.05) is 30.3 Å². The van der Waals surface area contributed by atoms with Gasteiger partial charge in [0.15, 0.2) is 0 Å². The summed E-state index contributed by atoms with van der Waals surface area (Å²) in [6.45, 7) is 1.69. The normalized spacial score (nSPS) is 11.4. The first-order valence-electron chi connectivity index (χ1n) is 9.46. The molecule has 31 heavy (non-hydrogen) atoms. The van der Waals surface area contributed by atoms with Crippen LogP contribution < -0.4 is 11.0 Å². The number of H-pyrrole nitrogens is 1. The Kier molecular flexibility index (Phi) is 5.53. The summed E-state index contributed by atoms with van der Waals surface area (Å²) in [5.74, 6) is -1.10. The lowest BCUT2D eigenvalue weighted by molar-refractivity contribution is 0.0954. The van der Waals surface area contributed by atoms with Crippen molar-refractivity contribution in [2.75, 3.05) is 0 Å². The van der Waals surface area contributed by atoms with E-state index in [1.165, 1.54) is 29.1 Å². The highest BCUT2D eigenvalue weighted by Crippen LogP contribution is 2.16. The van der Waals surface area contributed by atoms with Gasteiger partial charge in [-0.05, 0) is 43.3 Å². The van der Waals surface area contributed by atoms with Crippen molar-refractivity contribution in [1.29, 1.82) is 0 Å². The third kappa shape index (κ3) is 4.04. The molecule has 2 aromatic carbocycles. The van der Waals surface area contributed by atoms with E-state index in [1.807, 2.05) is 6.07 Å². The van der Waals surface area contributed by atoms with Gasteiger partial charge in [0.25, 0.3) is 11.5 Å². The number of aromatic nitrogens is 3. The summed E-state index contributed by atoms with van der Waals surface area (Å²) in [6.07, 6.45) is 2.93. The highest BCUT2D eigenvalue weighted by atomic mass is 19.1. The first-order valence-corrected chi connectivity index (χ1v) is 9.46. The number of carbonyl (C=O) groups is 1. The van der Waals surface area contributed by atoms with Crippen LogP contribution in [0.15, 0.2) is 89.0 Å². The summed E-state index contributed by atoms with van der Waals surface area (Å²) in [7, 11) is 0. The maximum atomic E-state index is 14.6. The summed E-state index contributed by atoms with van der Waals surface area (Å²) in [5.41, 5.74) is 3.63. The zero-order valence-corrected chi connectivity index (χ0v) is 16.5. The summed E-state index contributed by atoms with van der Waals surface area (Å²) in [5, 5.41) is 7.14. The number of para-hydroxylation sites is 1. The van der Waals surface area contributed by atoms with Gasteiger partial charge in [-0.25, -0.2) is 14.5 Å². The minimum Gasteiger partial charge on any atom is -0.295 e. The van der Waals surface area contributed by atoms with Gasteiger partial charge in [0.1, 0.15) is 11.5 Å². The molecular formula is C23H18FN5O2. The third-order valence-electron chi connectivity index (χ3n) is 4.64. The zero-order chi connectivity index (χ0) is 21.8. The Morgan fingerprint density at radius 1 is 1.06 bits per heavy atom. The van der Waals surface area contributed by atoms with Crippen LogP contribution >= 0.6 is 0 Å². The van der Waals surface area contributed by atoms with Gasteiger partial charge < -0.3 is 0 Å². The average Bonchev–Trinajstić information content (AvgIpc) is 3.10. The second kappa shape index (κ2) is 8.58. The number of amides is 1. The maximum Gasteiger partial charge on any atom is 0.281 e. The van der Waals surface area contributed by atoms with Gasteiger partial charge in [0.2, 0.25) is 0 Å². The van der Waals surface area contributed by atoms with Crippen molar-refractivity contribution in [3.63, 3.8) is 0 Å². The van der Waals surface area contributed by atoms with Crippen LogP contribution in [-0.2, 0) is 0 Å². The fourth-order valence-corrected chi connectivity index (χ4v) is 3.16. The number of pyridine rings is 1. The number of aromatic amines is 1. The number of hydrogen-bond donors (Lipinski definition) is 2. The van der Waals surface area contributed by atoms with E-state index in [0.717, 1.165) is 0 Å². The summed E-state index contributed by atoms with van der Waals surface area (Å²) >= 11 is 0. The lowest BCUT2D eigenvalue weighted by Gasteiger charge is -2.07. The van der Waals surface area contributed by atoms with E-state index in [4.69, 9.17) is 0 Å². The van der Waals surface area contributed by atoms with Crippen LogP contribution in [0.2, 0.25) is 0 Å². The Hall–Kier alpha value is -4.33. The van der Waals surface area contributed by atoms with Crippen LogP contribution in [0, 0.1) is 12.7 Å². The molecule has 1 amide bonds. The van der Waals surface area contributed by atoms with Crippen molar-refractivity contribution in [1.82, 2.24) is 20.2 Å². The van der Waals surface area contributed by atoms with Crippen LogP contribution in [0.1, 0.15) is 27.2 Å². The van der Waals surface area contributed by atoms with Crippen molar-refractivity contribution in [2.45, 2.75) is 6.92 Å². The van der Waals surface area contributed by atoms with Gasteiger partial charge >= 0.3 is 0 Å². The van der Waals surface area contributed by atoms with E-state index < -0.39 is 17.3 Å². The van der Waals surface area contributed by atoms with Gasteiger partial charge in [-0.15, -0.1) is 0 Å². The van der Waals surface area contributed by atoms with Gasteiger partial charge in [0, 0.05) is 23.7 Å². The SMILES string of the molecule is Cc1[nH]n(-c2ccccc2)c(=O)c1C(=NNC(=O)c1cccnc1)c1ccccc1F. The number of hydrogen-bond acceptors (Lipinski definition) is 4. The molecule has 4 rings (SSSR count). The number of hydrazone groups is 1. The first-order chi connectivity index (χ1) is 15.1. The minimum atomic E-state index is -0.567. The standard InChI is InChI=1S/C23H18FN5O2/c1-15-20(23(31)29(28-15)17-9-3-2-4-10-17)21(18-11-5-6-12-19(18)24)26-27-22(30)16-8-7-13-25-14-16/h2-14,28H,1H3,(H,27,30). The fraction of sp³-hybridized carbons (Fsp3) is 0.0435. The van der Waals surface area contributed by atoms with E-state index in [0.29, 0.717) is 11.4 Å². The first kappa shape index (κ1) is 20.0. The number of carbonyl (C=O) groups excluding carboxylic acids is 1. The van der Waals surface area contributed by atoms with Crippen LogP contribution in [0.3, 0.4) is 0 Å². The third-order valence-corrected chi connectivity index (χ3v) is 4.64. The molecule has 0 aliphatic rings. The molecule has 0 aliphatic heterocycles. The van der Waals surface area contributed by atoms with Crippen molar-refractivity contribution in [3.05, 3.63) is 118 Å². The minimum absolute atomic E-state index is 0.0174. The number of benzene rings is 2. The van der Waals surface area contributed by atoms with Gasteiger partial charge in [-0.2, -0.15) is 5.10 Å². The Morgan fingerprint density at radius 2 is 1.81 bits per heavy atom. The van der Waals surface area contributed by atoms with Crippen LogP contribution in [-0.4, -0.2) is 26.4 Å². The Bertz CT molecular complexity index is 1310. The molecule has 8 heteroatoms. The Balaban J connectivity index is 1.83. The lowest BCUT2D eigenvalue weighted by atomic mass is 10.0. The van der Waals surface area contributed by atoms with E-state index in [9.17, 15) is 14.0 Å².